The number of hydrogen-bond acceptors (Lipinski definition) is 3. The number of nitrogens with one attached hydrogen (secondary N) is 1. The van der Waals surface area contributed by atoms with E-state index in [0.29, 0.717) is 16.6 Å². The minimum Gasteiger partial charge on any atom is -0.356 e. The lowest BCUT2D eigenvalue weighted by Crippen LogP contribution is -2.07. The number of rotatable bonds is 5. The molecule has 0 aliphatic rings. The van der Waals surface area contributed by atoms with E-state index in [0.717, 1.165) is 23.9 Å². The van der Waals surface area contributed by atoms with E-state index < -0.39 is 0 Å². The molecule has 0 bridgehead atoms. The second-order valence-electron chi connectivity index (χ2n) is 4.78. The molecule has 0 saturated carbocycles. The Balaban J connectivity index is 0.00000144. The van der Waals surface area contributed by atoms with E-state index in [-0.39, 0.29) is 24.8 Å². The lowest BCUT2D eigenvalue weighted by Gasteiger charge is -2.06. The van der Waals surface area contributed by atoms with Crippen LogP contribution in [0.1, 0.15) is 12.6 Å². The summed E-state index contributed by atoms with van der Waals surface area (Å²) in [5.41, 5.74) is 1.86. The van der Waals surface area contributed by atoms with Crippen LogP contribution in [0.15, 0.2) is 43.1 Å². The highest BCUT2D eigenvalue weighted by molar-refractivity contribution is 6.42. The average Bonchev–Trinajstić information content (AvgIpc) is 3.13. The molecule has 0 saturated heterocycles. The van der Waals surface area contributed by atoms with Crippen LogP contribution in [0, 0.1) is 0 Å². The summed E-state index contributed by atoms with van der Waals surface area (Å²) < 4.78 is 3.94. The maximum absolute atomic E-state index is 6.05. The monoisotopic (exact) mass is 407 g/mol. The Labute approximate surface area is 162 Å². The van der Waals surface area contributed by atoms with E-state index in [9.17, 15) is 0 Å². The van der Waals surface area contributed by atoms with Gasteiger partial charge < -0.3 is 14.5 Å². The van der Waals surface area contributed by atoms with E-state index >= 15 is 0 Å². The van der Waals surface area contributed by atoms with E-state index in [1.807, 2.05) is 40.6 Å². The standard InChI is InChI=1S/C15H15Cl2N5.2ClH/c1-2-18-15-19-5-6-21(15)8-11-9-22(10-20-11)12-3-4-13(16)14(17)7-12;;/h3-7,9-10H,2,8H2,1H3,(H,18,19);2*1H. The van der Waals surface area contributed by atoms with Crippen LogP contribution in [0.25, 0.3) is 5.69 Å². The number of anilines is 1. The quantitative estimate of drug-likeness (QED) is 0.665. The van der Waals surface area contributed by atoms with E-state index in [1.54, 1.807) is 18.6 Å². The molecule has 24 heavy (non-hydrogen) atoms. The molecule has 0 amide bonds. The summed E-state index contributed by atoms with van der Waals surface area (Å²) in [5.74, 6) is 0.839. The molecule has 2 heterocycles. The molecule has 0 fully saturated rings. The minimum absolute atomic E-state index is 0. The van der Waals surface area contributed by atoms with Crippen LogP contribution in [0.5, 0.6) is 0 Å². The van der Waals surface area contributed by atoms with Gasteiger partial charge in [0, 0.05) is 30.8 Å². The Hall–Kier alpha value is -1.40. The number of hydrogen-bond donors (Lipinski definition) is 1. The first-order valence-corrected chi connectivity index (χ1v) is 7.66. The Morgan fingerprint density at radius 2 is 1.92 bits per heavy atom. The van der Waals surface area contributed by atoms with Crippen LogP contribution < -0.4 is 5.32 Å². The van der Waals surface area contributed by atoms with Gasteiger partial charge in [-0.05, 0) is 25.1 Å². The largest absolute Gasteiger partial charge is 0.356 e. The second-order valence-corrected chi connectivity index (χ2v) is 5.59. The zero-order chi connectivity index (χ0) is 15.5. The molecule has 9 heteroatoms. The highest BCUT2D eigenvalue weighted by atomic mass is 35.5. The summed E-state index contributed by atoms with van der Waals surface area (Å²) >= 11 is 12.0. The van der Waals surface area contributed by atoms with Crippen molar-refractivity contribution in [3.8, 4) is 5.69 Å². The molecule has 0 aliphatic carbocycles. The molecule has 0 unspecified atom stereocenters. The van der Waals surface area contributed by atoms with Crippen molar-refractivity contribution in [3.63, 3.8) is 0 Å². The van der Waals surface area contributed by atoms with Crippen LogP contribution in [0.2, 0.25) is 10.0 Å². The molecule has 1 N–H and O–H groups in total. The van der Waals surface area contributed by atoms with Gasteiger partial charge in [-0.25, -0.2) is 9.97 Å². The molecule has 0 spiro atoms. The molecular formula is C15H17Cl4N5. The van der Waals surface area contributed by atoms with Crippen molar-refractivity contribution in [2.24, 2.45) is 0 Å². The lowest BCUT2D eigenvalue weighted by atomic mass is 10.3. The Morgan fingerprint density at radius 1 is 1.12 bits per heavy atom. The Kier molecular flexibility index (Phi) is 7.90. The predicted octanol–water partition coefficient (Wildman–Crippen LogP) is 4.70. The molecular weight excluding hydrogens is 392 g/mol. The third-order valence-corrected chi connectivity index (χ3v) is 3.96. The normalized spacial score (nSPS) is 9.96. The fraction of sp³-hybridized carbons (Fsp3) is 0.200. The van der Waals surface area contributed by atoms with Crippen molar-refractivity contribution >= 4 is 54.0 Å². The maximum atomic E-state index is 6.05. The van der Waals surface area contributed by atoms with Gasteiger partial charge in [0.1, 0.15) is 0 Å². The maximum Gasteiger partial charge on any atom is 0.203 e. The molecule has 0 atom stereocenters. The molecule has 0 radical (unpaired) electrons. The molecule has 2 aromatic heterocycles. The molecule has 0 aliphatic heterocycles. The van der Waals surface area contributed by atoms with Gasteiger partial charge in [0.25, 0.3) is 0 Å². The molecule has 5 nitrogen and oxygen atoms in total. The van der Waals surface area contributed by atoms with Crippen molar-refractivity contribution in [3.05, 3.63) is 58.9 Å². The van der Waals surface area contributed by atoms with Crippen molar-refractivity contribution in [2.75, 3.05) is 11.9 Å². The van der Waals surface area contributed by atoms with Gasteiger partial charge in [-0.3, -0.25) is 0 Å². The number of aromatic nitrogens is 4. The second kappa shape index (κ2) is 9.18. The van der Waals surface area contributed by atoms with Gasteiger partial charge in [0.2, 0.25) is 5.95 Å². The van der Waals surface area contributed by atoms with E-state index in [2.05, 4.69) is 15.3 Å². The first-order valence-electron chi connectivity index (χ1n) is 6.90. The van der Waals surface area contributed by atoms with Gasteiger partial charge in [-0.15, -0.1) is 24.8 Å². The highest BCUT2D eigenvalue weighted by Gasteiger charge is 2.07. The summed E-state index contributed by atoms with van der Waals surface area (Å²) in [7, 11) is 0. The number of nitrogens with zero attached hydrogens (tertiary/aromatic N) is 4. The Bertz CT molecular complexity index is 784. The molecule has 3 aromatic rings. The smallest absolute Gasteiger partial charge is 0.203 e. The van der Waals surface area contributed by atoms with Crippen LogP contribution in [-0.2, 0) is 6.54 Å². The number of halogens is 4. The fourth-order valence-corrected chi connectivity index (χ4v) is 2.46. The van der Waals surface area contributed by atoms with Crippen LogP contribution in [0.4, 0.5) is 5.95 Å². The molecule has 130 valence electrons. The average molecular weight is 409 g/mol. The summed E-state index contributed by atoms with van der Waals surface area (Å²) in [5, 5.41) is 4.28. The summed E-state index contributed by atoms with van der Waals surface area (Å²) in [6.45, 7) is 3.52. The van der Waals surface area contributed by atoms with Crippen LogP contribution in [-0.4, -0.2) is 25.6 Å². The van der Waals surface area contributed by atoms with E-state index in [1.165, 1.54) is 0 Å². The fourth-order valence-electron chi connectivity index (χ4n) is 2.17. The molecule has 1 aromatic carbocycles. The zero-order valence-corrected chi connectivity index (χ0v) is 16.0. The van der Waals surface area contributed by atoms with Crippen molar-refractivity contribution < 1.29 is 0 Å². The first kappa shape index (κ1) is 20.6. The minimum atomic E-state index is 0. The summed E-state index contributed by atoms with van der Waals surface area (Å²) in [4.78, 5) is 8.70. The lowest BCUT2D eigenvalue weighted by molar-refractivity contribution is 0.781. The SMILES string of the molecule is CCNc1nccn1Cc1cn(-c2ccc(Cl)c(Cl)c2)cn1.Cl.Cl. The Morgan fingerprint density at radius 3 is 2.62 bits per heavy atom. The van der Waals surface area contributed by atoms with Gasteiger partial charge in [0.05, 0.1) is 28.6 Å². The van der Waals surface area contributed by atoms with Gasteiger partial charge in [0.15, 0.2) is 0 Å². The van der Waals surface area contributed by atoms with Crippen LogP contribution in [0.3, 0.4) is 0 Å². The van der Waals surface area contributed by atoms with Crippen molar-refractivity contribution in [2.45, 2.75) is 13.5 Å². The number of imidazole rings is 2. The topological polar surface area (TPSA) is 47.7 Å². The highest BCUT2D eigenvalue weighted by Crippen LogP contribution is 2.24. The van der Waals surface area contributed by atoms with Crippen molar-refractivity contribution in [1.29, 1.82) is 0 Å². The third kappa shape index (κ3) is 4.57. The summed E-state index contributed by atoms with van der Waals surface area (Å²) in [6.07, 6.45) is 7.43. The van der Waals surface area contributed by atoms with Gasteiger partial charge in [-0.2, -0.15) is 0 Å². The van der Waals surface area contributed by atoms with Crippen molar-refractivity contribution in [1.82, 2.24) is 19.1 Å². The van der Waals surface area contributed by atoms with Crippen LogP contribution >= 0.6 is 48.0 Å². The first-order chi connectivity index (χ1) is 10.7. The number of benzene rings is 1. The van der Waals surface area contributed by atoms with E-state index in [4.69, 9.17) is 23.2 Å². The van der Waals surface area contributed by atoms with Gasteiger partial charge in [-0.1, -0.05) is 23.2 Å². The molecule has 3 rings (SSSR count). The zero-order valence-electron chi connectivity index (χ0n) is 12.8. The summed E-state index contributed by atoms with van der Waals surface area (Å²) in [6, 6.07) is 5.50. The van der Waals surface area contributed by atoms with Gasteiger partial charge >= 0.3 is 0 Å². The third-order valence-electron chi connectivity index (χ3n) is 3.22. The predicted molar refractivity (Wildman–Crippen MR) is 104 cm³/mol.